The number of hydrogen-bond acceptors (Lipinski definition) is 6. The molecule has 0 saturated carbocycles. The first kappa shape index (κ1) is 13.5. The van der Waals surface area contributed by atoms with E-state index in [1.54, 1.807) is 24.5 Å². The van der Waals surface area contributed by atoms with Gasteiger partial charge in [-0.3, -0.25) is 15.1 Å². The molecular weight excluding hydrogens is 262 g/mol. The van der Waals surface area contributed by atoms with E-state index in [-0.39, 0.29) is 11.3 Å². The molecule has 7 heteroatoms. The van der Waals surface area contributed by atoms with Gasteiger partial charge in [-0.15, -0.1) is 0 Å². The molecule has 1 heterocycles. The molecule has 0 aliphatic carbocycles. The Morgan fingerprint density at radius 2 is 1.95 bits per heavy atom. The highest BCUT2D eigenvalue weighted by molar-refractivity contribution is 5.98. The molecule has 0 radical (unpaired) electrons. The van der Waals surface area contributed by atoms with Gasteiger partial charge in [-0.05, 0) is 35.4 Å². The summed E-state index contributed by atoms with van der Waals surface area (Å²) in [5.74, 6) is -0.806. The fourth-order valence-corrected chi connectivity index (χ4v) is 1.84. The molecule has 0 fully saturated rings. The van der Waals surface area contributed by atoms with Gasteiger partial charge in [0.05, 0.1) is 12.0 Å². The number of nitrogens with two attached hydrogens (primary N) is 1. The number of ether oxygens (including phenoxy) is 1. The number of nitro benzene ring substituents is 1. The molecule has 0 unspecified atom stereocenters. The molecule has 2 aromatic rings. The summed E-state index contributed by atoms with van der Waals surface area (Å²) in [6.45, 7) is 0. The van der Waals surface area contributed by atoms with Crippen LogP contribution in [0.15, 0.2) is 36.7 Å². The SMILES string of the molecule is COC(=O)c1cc(-c2ccncc2)cc(N)c1[N+](=O)[O-]. The number of methoxy groups -OCH3 is 1. The Kier molecular flexibility index (Phi) is 3.60. The van der Waals surface area contributed by atoms with Crippen LogP contribution in [-0.2, 0) is 4.74 Å². The second-order valence-electron chi connectivity index (χ2n) is 3.95. The lowest BCUT2D eigenvalue weighted by Crippen LogP contribution is -2.08. The van der Waals surface area contributed by atoms with Gasteiger partial charge in [0, 0.05) is 12.4 Å². The predicted molar refractivity (Wildman–Crippen MR) is 72.1 cm³/mol. The van der Waals surface area contributed by atoms with Gasteiger partial charge in [-0.2, -0.15) is 0 Å². The van der Waals surface area contributed by atoms with E-state index in [2.05, 4.69) is 9.72 Å². The van der Waals surface area contributed by atoms with Gasteiger partial charge in [0.2, 0.25) is 0 Å². The van der Waals surface area contributed by atoms with Gasteiger partial charge in [0.25, 0.3) is 0 Å². The topological polar surface area (TPSA) is 108 Å². The molecule has 2 N–H and O–H groups in total. The van der Waals surface area contributed by atoms with Crippen LogP contribution in [0.5, 0.6) is 0 Å². The Balaban J connectivity index is 2.67. The average molecular weight is 273 g/mol. The van der Waals surface area contributed by atoms with Crippen molar-refractivity contribution in [1.29, 1.82) is 0 Å². The largest absolute Gasteiger partial charge is 0.465 e. The number of benzene rings is 1. The van der Waals surface area contributed by atoms with Crippen LogP contribution in [0.25, 0.3) is 11.1 Å². The van der Waals surface area contributed by atoms with E-state index in [0.29, 0.717) is 5.56 Å². The summed E-state index contributed by atoms with van der Waals surface area (Å²) in [4.78, 5) is 25.9. The maximum Gasteiger partial charge on any atom is 0.344 e. The molecule has 20 heavy (non-hydrogen) atoms. The molecular formula is C13H11N3O4. The molecule has 0 aliphatic rings. The van der Waals surface area contributed by atoms with Crippen LogP contribution in [0.2, 0.25) is 0 Å². The van der Waals surface area contributed by atoms with E-state index < -0.39 is 16.6 Å². The van der Waals surface area contributed by atoms with E-state index in [4.69, 9.17) is 5.73 Å². The molecule has 102 valence electrons. The van der Waals surface area contributed by atoms with Gasteiger partial charge in [-0.1, -0.05) is 0 Å². The van der Waals surface area contributed by atoms with Crippen molar-refractivity contribution in [2.45, 2.75) is 0 Å². The first-order valence-corrected chi connectivity index (χ1v) is 5.61. The van der Waals surface area contributed by atoms with E-state index in [9.17, 15) is 14.9 Å². The Hall–Kier alpha value is -2.96. The highest BCUT2D eigenvalue weighted by atomic mass is 16.6. The standard InChI is InChI=1S/C13H11N3O4/c1-20-13(17)10-6-9(8-2-4-15-5-3-8)7-11(14)12(10)16(18)19/h2-7H,14H2,1H3. The highest BCUT2D eigenvalue weighted by Gasteiger charge is 2.25. The second-order valence-corrected chi connectivity index (χ2v) is 3.95. The normalized spacial score (nSPS) is 10.1. The summed E-state index contributed by atoms with van der Waals surface area (Å²) in [7, 11) is 1.15. The molecule has 0 aliphatic heterocycles. The highest BCUT2D eigenvalue weighted by Crippen LogP contribution is 2.32. The van der Waals surface area contributed by atoms with E-state index in [1.807, 2.05) is 0 Å². The number of carbonyl (C=O) groups is 1. The second kappa shape index (κ2) is 5.35. The van der Waals surface area contributed by atoms with Crippen molar-refractivity contribution in [2.24, 2.45) is 0 Å². The van der Waals surface area contributed by atoms with Crippen LogP contribution in [0.3, 0.4) is 0 Å². The van der Waals surface area contributed by atoms with E-state index >= 15 is 0 Å². The van der Waals surface area contributed by atoms with Crippen LogP contribution in [0.4, 0.5) is 11.4 Å². The van der Waals surface area contributed by atoms with Gasteiger partial charge in [0.1, 0.15) is 11.3 Å². The zero-order chi connectivity index (χ0) is 14.7. The smallest absolute Gasteiger partial charge is 0.344 e. The fourth-order valence-electron chi connectivity index (χ4n) is 1.84. The van der Waals surface area contributed by atoms with E-state index in [0.717, 1.165) is 12.7 Å². The number of nitrogens with zero attached hydrogens (tertiary/aromatic N) is 2. The number of aromatic nitrogens is 1. The van der Waals surface area contributed by atoms with Crippen molar-refractivity contribution in [1.82, 2.24) is 4.98 Å². The quantitative estimate of drug-likeness (QED) is 0.396. The minimum atomic E-state index is -0.806. The minimum absolute atomic E-state index is 0.0929. The van der Waals surface area contributed by atoms with Crippen molar-refractivity contribution in [2.75, 3.05) is 12.8 Å². The first-order chi connectivity index (χ1) is 9.54. The predicted octanol–water partition coefficient (Wildman–Crippen LogP) is 2.03. The average Bonchev–Trinajstić information content (AvgIpc) is 2.46. The third kappa shape index (κ3) is 2.41. The van der Waals surface area contributed by atoms with Crippen molar-refractivity contribution in [3.05, 3.63) is 52.3 Å². The van der Waals surface area contributed by atoms with Crippen LogP contribution in [0, 0.1) is 10.1 Å². The Morgan fingerprint density at radius 1 is 1.30 bits per heavy atom. The molecule has 1 aromatic heterocycles. The fraction of sp³-hybridized carbons (Fsp3) is 0.0769. The molecule has 0 atom stereocenters. The zero-order valence-corrected chi connectivity index (χ0v) is 10.6. The summed E-state index contributed by atoms with van der Waals surface area (Å²) in [6, 6.07) is 6.25. The van der Waals surface area contributed by atoms with Gasteiger partial charge < -0.3 is 10.5 Å². The maximum absolute atomic E-state index is 11.7. The third-order valence-corrected chi connectivity index (χ3v) is 2.74. The molecule has 0 saturated heterocycles. The number of carbonyl (C=O) groups excluding carboxylic acids is 1. The molecule has 2 rings (SSSR count). The number of pyridine rings is 1. The van der Waals surface area contributed by atoms with Crippen molar-refractivity contribution >= 4 is 17.3 Å². The lowest BCUT2D eigenvalue weighted by atomic mass is 10.0. The van der Waals surface area contributed by atoms with Crippen molar-refractivity contribution < 1.29 is 14.5 Å². The number of hydrogen-bond donors (Lipinski definition) is 1. The molecule has 0 spiro atoms. The third-order valence-electron chi connectivity index (χ3n) is 2.74. The Labute approximate surface area is 114 Å². The maximum atomic E-state index is 11.7. The summed E-state index contributed by atoms with van der Waals surface area (Å²) in [6.07, 6.45) is 3.15. The lowest BCUT2D eigenvalue weighted by Gasteiger charge is -2.08. The number of nitrogen functional groups attached to an aromatic ring is 1. The van der Waals surface area contributed by atoms with Crippen LogP contribution < -0.4 is 5.73 Å². The van der Waals surface area contributed by atoms with Gasteiger partial charge in [0.15, 0.2) is 0 Å². The monoisotopic (exact) mass is 273 g/mol. The zero-order valence-electron chi connectivity index (χ0n) is 10.6. The molecule has 0 amide bonds. The van der Waals surface area contributed by atoms with Crippen molar-refractivity contribution in [3.8, 4) is 11.1 Å². The lowest BCUT2D eigenvalue weighted by molar-refractivity contribution is -0.384. The van der Waals surface area contributed by atoms with E-state index in [1.165, 1.54) is 12.1 Å². The summed E-state index contributed by atoms with van der Waals surface area (Å²) < 4.78 is 4.56. The minimum Gasteiger partial charge on any atom is -0.465 e. The summed E-state index contributed by atoms with van der Waals surface area (Å²) >= 11 is 0. The molecule has 0 bridgehead atoms. The Morgan fingerprint density at radius 3 is 2.50 bits per heavy atom. The van der Waals surface area contributed by atoms with Crippen molar-refractivity contribution in [3.63, 3.8) is 0 Å². The number of esters is 1. The first-order valence-electron chi connectivity index (χ1n) is 5.61. The summed E-state index contributed by atoms with van der Waals surface area (Å²) in [5, 5.41) is 11.0. The number of nitro groups is 1. The molecule has 1 aromatic carbocycles. The van der Waals surface area contributed by atoms with Gasteiger partial charge >= 0.3 is 11.7 Å². The summed E-state index contributed by atoms with van der Waals surface area (Å²) in [5.41, 5.74) is 6.29. The number of rotatable bonds is 3. The number of anilines is 1. The Bertz CT molecular complexity index is 671. The van der Waals surface area contributed by atoms with Crippen LogP contribution in [0.1, 0.15) is 10.4 Å². The molecule has 7 nitrogen and oxygen atoms in total. The van der Waals surface area contributed by atoms with Crippen LogP contribution in [-0.4, -0.2) is 23.0 Å². The van der Waals surface area contributed by atoms with Gasteiger partial charge in [-0.25, -0.2) is 4.79 Å². The van der Waals surface area contributed by atoms with Crippen LogP contribution >= 0.6 is 0 Å².